The highest BCUT2D eigenvalue weighted by molar-refractivity contribution is 5.83. The average Bonchev–Trinajstić information content (AvgIpc) is 3.00. The molecule has 3 aliphatic rings. The molecule has 0 aliphatic heterocycles. The van der Waals surface area contributed by atoms with Gasteiger partial charge in [0.2, 0.25) is 0 Å². The van der Waals surface area contributed by atoms with Gasteiger partial charge in [-0.05, 0) is 87.2 Å². The van der Waals surface area contributed by atoms with Crippen LogP contribution >= 0.6 is 0 Å². The van der Waals surface area contributed by atoms with E-state index in [9.17, 15) is 4.79 Å². The van der Waals surface area contributed by atoms with E-state index in [-0.39, 0.29) is 28.3 Å². The summed E-state index contributed by atoms with van der Waals surface area (Å²) in [6.45, 7) is 18.0. The molecule has 0 amide bonds. The van der Waals surface area contributed by atoms with E-state index in [1.54, 1.807) is 6.08 Å². The Morgan fingerprint density at radius 1 is 1.03 bits per heavy atom. The van der Waals surface area contributed by atoms with Crippen LogP contribution in [-0.2, 0) is 9.53 Å². The minimum absolute atomic E-state index is 0.0471. The molecule has 3 atom stereocenters. The highest BCUT2D eigenvalue weighted by Gasteiger charge is 2.62. The van der Waals surface area contributed by atoms with E-state index >= 15 is 0 Å². The summed E-state index contributed by atoms with van der Waals surface area (Å²) in [4.78, 5) is 12.5. The summed E-state index contributed by atoms with van der Waals surface area (Å²) < 4.78 is 5.94. The maximum Gasteiger partial charge on any atom is 0.331 e. The SMILES string of the molecule is CC1=C(/C=C/C(C)=C/C=C/C(C)=C/C(=O)O[C@@H]2CC3CCC2(C)C3(C)C)C(C)(C)CCC1. The lowest BCUT2D eigenvalue weighted by Gasteiger charge is -2.38. The summed E-state index contributed by atoms with van der Waals surface area (Å²) in [5.41, 5.74) is 5.76. The number of hydrogen-bond donors (Lipinski definition) is 0. The topological polar surface area (TPSA) is 26.3 Å². The molecule has 2 unspecified atom stereocenters. The summed E-state index contributed by atoms with van der Waals surface area (Å²) in [5.74, 6) is 0.472. The normalized spacial score (nSPS) is 32.4. The molecule has 0 aromatic heterocycles. The number of rotatable bonds is 6. The summed E-state index contributed by atoms with van der Waals surface area (Å²) >= 11 is 0. The average molecular weight is 437 g/mol. The Bertz CT molecular complexity index is 890. The number of hydrogen-bond acceptors (Lipinski definition) is 2. The van der Waals surface area contributed by atoms with Crippen LogP contribution in [0, 0.1) is 22.2 Å². The van der Waals surface area contributed by atoms with Gasteiger partial charge in [0.15, 0.2) is 0 Å². The Morgan fingerprint density at radius 2 is 1.75 bits per heavy atom. The van der Waals surface area contributed by atoms with E-state index in [4.69, 9.17) is 4.74 Å². The summed E-state index contributed by atoms with van der Waals surface area (Å²) in [7, 11) is 0. The van der Waals surface area contributed by atoms with Crippen molar-refractivity contribution in [3.05, 3.63) is 58.7 Å². The van der Waals surface area contributed by atoms with E-state index in [0.29, 0.717) is 5.92 Å². The Labute approximate surface area is 196 Å². The third-order valence-electron chi connectivity index (χ3n) is 9.09. The van der Waals surface area contributed by atoms with Crippen molar-refractivity contribution in [3.8, 4) is 0 Å². The molecular formula is C30H44O2. The largest absolute Gasteiger partial charge is 0.459 e. The monoisotopic (exact) mass is 436 g/mol. The molecule has 0 aromatic carbocycles. The lowest BCUT2D eigenvalue weighted by atomic mass is 9.70. The first kappa shape index (κ1) is 24.8. The van der Waals surface area contributed by atoms with Crippen LogP contribution in [0.2, 0.25) is 0 Å². The van der Waals surface area contributed by atoms with E-state index < -0.39 is 0 Å². The van der Waals surface area contributed by atoms with Crippen molar-refractivity contribution in [2.75, 3.05) is 0 Å². The molecule has 3 rings (SSSR count). The molecule has 32 heavy (non-hydrogen) atoms. The molecule has 2 saturated carbocycles. The third-order valence-corrected chi connectivity index (χ3v) is 9.09. The molecule has 0 spiro atoms. The van der Waals surface area contributed by atoms with Gasteiger partial charge in [-0.25, -0.2) is 4.79 Å². The van der Waals surface area contributed by atoms with Gasteiger partial charge >= 0.3 is 5.97 Å². The van der Waals surface area contributed by atoms with Crippen LogP contribution in [0.1, 0.15) is 93.9 Å². The molecule has 0 N–H and O–H groups in total. The summed E-state index contributed by atoms with van der Waals surface area (Å²) in [6, 6.07) is 0. The minimum Gasteiger partial charge on any atom is -0.459 e. The predicted octanol–water partition coefficient (Wildman–Crippen LogP) is 8.28. The van der Waals surface area contributed by atoms with Gasteiger partial charge < -0.3 is 4.74 Å². The van der Waals surface area contributed by atoms with Gasteiger partial charge in [0.25, 0.3) is 0 Å². The zero-order valence-electron chi connectivity index (χ0n) is 21.7. The van der Waals surface area contributed by atoms with Crippen LogP contribution in [0.15, 0.2) is 58.7 Å². The van der Waals surface area contributed by atoms with Crippen LogP contribution in [0.5, 0.6) is 0 Å². The number of esters is 1. The highest BCUT2D eigenvalue weighted by Crippen LogP contribution is 2.66. The zero-order chi connectivity index (χ0) is 23.7. The lowest BCUT2D eigenvalue weighted by molar-refractivity contribution is -0.150. The molecule has 0 heterocycles. The van der Waals surface area contributed by atoms with E-state index in [0.717, 1.165) is 18.4 Å². The quantitative estimate of drug-likeness (QED) is 0.238. The minimum atomic E-state index is -0.204. The van der Waals surface area contributed by atoms with Crippen molar-refractivity contribution < 1.29 is 9.53 Å². The standard InChI is InChI=1S/C30H44O2/c1-21(14-15-25-23(3)13-10-17-28(25,4)5)11-9-12-22(2)19-27(31)32-26-20-24-16-18-30(26,8)29(24,6)7/h9,11-12,14-15,19,24,26H,10,13,16-18,20H2,1-8H3/b12-9+,15-14+,21-11+,22-19+/t24?,26-,30?/m1/s1. The molecule has 2 nitrogen and oxygen atoms in total. The van der Waals surface area contributed by atoms with Crippen molar-refractivity contribution in [2.24, 2.45) is 22.2 Å². The second-order valence-corrected chi connectivity index (χ2v) is 12.0. The fraction of sp³-hybridized carbons (Fsp3) is 0.633. The first-order chi connectivity index (χ1) is 14.9. The Morgan fingerprint density at radius 3 is 2.34 bits per heavy atom. The predicted molar refractivity (Wildman–Crippen MR) is 135 cm³/mol. The first-order valence-electron chi connectivity index (χ1n) is 12.5. The van der Waals surface area contributed by atoms with Gasteiger partial charge in [-0.15, -0.1) is 0 Å². The fourth-order valence-corrected chi connectivity index (χ4v) is 6.35. The van der Waals surface area contributed by atoms with Gasteiger partial charge in [-0.3, -0.25) is 0 Å². The highest BCUT2D eigenvalue weighted by atomic mass is 16.5. The van der Waals surface area contributed by atoms with Crippen LogP contribution < -0.4 is 0 Å². The van der Waals surface area contributed by atoms with Gasteiger partial charge in [0, 0.05) is 11.5 Å². The molecule has 2 bridgehead atoms. The van der Waals surface area contributed by atoms with Gasteiger partial charge in [-0.2, -0.15) is 0 Å². The zero-order valence-corrected chi connectivity index (χ0v) is 21.7. The second-order valence-electron chi connectivity index (χ2n) is 12.0. The van der Waals surface area contributed by atoms with E-state index in [1.165, 1.54) is 42.4 Å². The molecule has 176 valence electrons. The number of ether oxygens (including phenoxy) is 1. The Balaban J connectivity index is 1.57. The van der Waals surface area contributed by atoms with Crippen LogP contribution in [-0.4, -0.2) is 12.1 Å². The maximum absolute atomic E-state index is 12.5. The maximum atomic E-state index is 12.5. The molecule has 3 aliphatic carbocycles. The Kier molecular flexibility index (Phi) is 7.13. The van der Waals surface area contributed by atoms with Crippen molar-refractivity contribution >= 4 is 5.97 Å². The van der Waals surface area contributed by atoms with E-state index in [2.05, 4.69) is 66.7 Å². The molecule has 2 heteroatoms. The molecule has 0 aromatic rings. The van der Waals surface area contributed by atoms with Gasteiger partial charge in [-0.1, -0.05) is 76.1 Å². The molecule has 0 saturated heterocycles. The number of allylic oxidation sites excluding steroid dienone is 9. The van der Waals surface area contributed by atoms with Crippen LogP contribution in [0.25, 0.3) is 0 Å². The first-order valence-corrected chi connectivity index (χ1v) is 12.5. The van der Waals surface area contributed by atoms with Gasteiger partial charge in [0.05, 0.1) is 0 Å². The second kappa shape index (κ2) is 9.20. The fourth-order valence-electron chi connectivity index (χ4n) is 6.35. The third kappa shape index (κ3) is 4.90. The smallest absolute Gasteiger partial charge is 0.331 e. The summed E-state index contributed by atoms with van der Waals surface area (Å²) in [6.07, 6.45) is 19.5. The molecule has 2 fully saturated rings. The summed E-state index contributed by atoms with van der Waals surface area (Å²) in [5, 5.41) is 0. The Hall–Kier alpha value is -1.83. The van der Waals surface area contributed by atoms with Crippen molar-refractivity contribution in [2.45, 2.75) is 100 Å². The van der Waals surface area contributed by atoms with Crippen molar-refractivity contribution in [1.82, 2.24) is 0 Å². The van der Waals surface area contributed by atoms with Crippen LogP contribution in [0.4, 0.5) is 0 Å². The van der Waals surface area contributed by atoms with Crippen molar-refractivity contribution in [3.63, 3.8) is 0 Å². The molecular weight excluding hydrogens is 392 g/mol. The van der Waals surface area contributed by atoms with Crippen molar-refractivity contribution in [1.29, 1.82) is 0 Å². The lowest BCUT2D eigenvalue weighted by Crippen LogP contribution is -2.38. The number of carbonyl (C=O) groups excluding carboxylic acids is 1. The van der Waals surface area contributed by atoms with Gasteiger partial charge in [0.1, 0.15) is 6.10 Å². The van der Waals surface area contributed by atoms with E-state index in [1.807, 2.05) is 19.1 Å². The number of fused-ring (bicyclic) bond motifs is 2. The molecule has 0 radical (unpaired) electrons. The van der Waals surface area contributed by atoms with Crippen LogP contribution in [0.3, 0.4) is 0 Å². The number of carbonyl (C=O) groups is 1.